The lowest BCUT2D eigenvalue weighted by atomic mass is 10.2. The van der Waals surface area contributed by atoms with Gasteiger partial charge in [0.25, 0.3) is 0 Å². The Bertz CT molecular complexity index is 471. The van der Waals surface area contributed by atoms with E-state index < -0.39 is 0 Å². The van der Waals surface area contributed by atoms with E-state index in [2.05, 4.69) is 25.3 Å². The molecule has 0 aliphatic rings. The van der Waals surface area contributed by atoms with Gasteiger partial charge in [0.1, 0.15) is 5.01 Å². The second-order valence-electron chi connectivity index (χ2n) is 2.56. The molecule has 1 aromatic heterocycles. The molecule has 1 aromatic carbocycles. The van der Waals surface area contributed by atoms with E-state index in [9.17, 15) is 0 Å². The summed E-state index contributed by atoms with van der Waals surface area (Å²) in [4.78, 5) is 4.06. The molecule has 72 valence electrons. The van der Waals surface area contributed by atoms with E-state index in [1.165, 1.54) is 11.5 Å². The monoisotopic (exact) mass is 289 g/mol. The van der Waals surface area contributed by atoms with Crippen LogP contribution in [0.5, 0.6) is 0 Å². The van der Waals surface area contributed by atoms with Crippen molar-refractivity contribution in [3.8, 4) is 10.6 Å². The zero-order valence-corrected chi connectivity index (χ0v) is 10.0. The van der Waals surface area contributed by atoms with Gasteiger partial charge in [-0.3, -0.25) is 0 Å². The Morgan fingerprint density at radius 1 is 1.43 bits per heavy atom. The summed E-state index contributed by atoms with van der Waals surface area (Å²) in [5.74, 6) is 0.279. The number of benzene rings is 1. The maximum atomic E-state index is 6.09. The molecule has 0 radical (unpaired) electrons. The molecule has 0 spiro atoms. The van der Waals surface area contributed by atoms with E-state index in [0.29, 0.717) is 5.02 Å². The zero-order chi connectivity index (χ0) is 10.1. The van der Waals surface area contributed by atoms with Crippen LogP contribution in [0.2, 0.25) is 5.02 Å². The molecule has 0 saturated heterocycles. The van der Waals surface area contributed by atoms with Crippen molar-refractivity contribution in [2.24, 2.45) is 0 Å². The van der Waals surface area contributed by atoms with E-state index in [1.807, 2.05) is 18.2 Å². The van der Waals surface area contributed by atoms with E-state index >= 15 is 0 Å². The highest BCUT2D eigenvalue weighted by Crippen LogP contribution is 2.34. The fraction of sp³-hybridized carbons (Fsp3) is 0. The summed E-state index contributed by atoms with van der Waals surface area (Å²) in [7, 11) is 0. The second kappa shape index (κ2) is 3.84. The fourth-order valence-electron chi connectivity index (χ4n) is 1.01. The molecule has 2 aromatic rings. The number of rotatable bonds is 1. The van der Waals surface area contributed by atoms with Crippen molar-refractivity contribution in [3.05, 3.63) is 27.7 Å². The number of hydrogen-bond acceptors (Lipinski definition) is 4. The number of nitrogen functional groups attached to an aromatic ring is 1. The quantitative estimate of drug-likeness (QED) is 0.877. The number of nitrogens with two attached hydrogens (primary N) is 1. The van der Waals surface area contributed by atoms with Crippen LogP contribution in [0.1, 0.15) is 0 Å². The average Bonchev–Trinajstić information content (AvgIpc) is 2.57. The lowest BCUT2D eigenvalue weighted by Crippen LogP contribution is -1.86. The Labute approximate surface area is 98.2 Å². The van der Waals surface area contributed by atoms with Crippen molar-refractivity contribution in [1.82, 2.24) is 9.36 Å². The highest BCUT2D eigenvalue weighted by molar-refractivity contribution is 9.10. The summed E-state index contributed by atoms with van der Waals surface area (Å²) in [6, 6.07) is 5.64. The van der Waals surface area contributed by atoms with Crippen LogP contribution in [0, 0.1) is 0 Å². The minimum atomic E-state index is 0.279. The van der Waals surface area contributed by atoms with E-state index in [0.717, 1.165) is 15.0 Å². The lowest BCUT2D eigenvalue weighted by Gasteiger charge is -2.00. The molecule has 0 unspecified atom stereocenters. The molecule has 0 aliphatic carbocycles. The maximum Gasteiger partial charge on any atom is 0.232 e. The number of nitrogens with zero attached hydrogens (tertiary/aromatic N) is 2. The van der Waals surface area contributed by atoms with Crippen LogP contribution in [0.4, 0.5) is 5.95 Å². The van der Waals surface area contributed by atoms with E-state index in [4.69, 9.17) is 17.3 Å². The first-order chi connectivity index (χ1) is 6.68. The number of anilines is 1. The molecule has 2 rings (SSSR count). The van der Waals surface area contributed by atoms with Gasteiger partial charge in [-0.2, -0.15) is 9.36 Å². The molecule has 14 heavy (non-hydrogen) atoms. The molecule has 0 atom stereocenters. The van der Waals surface area contributed by atoms with Gasteiger partial charge in [-0.05, 0) is 33.5 Å². The summed E-state index contributed by atoms with van der Waals surface area (Å²) in [6.07, 6.45) is 0. The van der Waals surface area contributed by atoms with Crippen LogP contribution < -0.4 is 5.73 Å². The molecule has 0 amide bonds. The van der Waals surface area contributed by atoms with Gasteiger partial charge in [0.15, 0.2) is 0 Å². The van der Waals surface area contributed by atoms with E-state index in [1.54, 1.807) is 0 Å². The molecule has 0 saturated carbocycles. The van der Waals surface area contributed by atoms with Crippen molar-refractivity contribution in [2.75, 3.05) is 5.73 Å². The van der Waals surface area contributed by atoms with Crippen molar-refractivity contribution in [1.29, 1.82) is 0 Å². The van der Waals surface area contributed by atoms with Crippen LogP contribution in [0.25, 0.3) is 10.6 Å². The Balaban J connectivity index is 2.57. The van der Waals surface area contributed by atoms with Gasteiger partial charge < -0.3 is 5.73 Å². The third-order valence-corrected chi connectivity index (χ3v) is 3.68. The van der Waals surface area contributed by atoms with Crippen molar-refractivity contribution in [2.45, 2.75) is 0 Å². The zero-order valence-electron chi connectivity index (χ0n) is 6.87. The fourth-order valence-corrected chi connectivity index (χ4v) is 2.27. The third-order valence-electron chi connectivity index (χ3n) is 1.62. The molecular weight excluding hydrogens is 286 g/mol. The van der Waals surface area contributed by atoms with Gasteiger partial charge in [0.05, 0.1) is 5.02 Å². The summed E-state index contributed by atoms with van der Waals surface area (Å²) in [5, 5.41) is 1.36. The SMILES string of the molecule is Nc1nsc(-c2cccc(Br)c2Cl)n1. The highest BCUT2D eigenvalue weighted by Gasteiger charge is 2.10. The van der Waals surface area contributed by atoms with Gasteiger partial charge in [0.2, 0.25) is 5.95 Å². The van der Waals surface area contributed by atoms with Crippen molar-refractivity contribution >= 4 is 45.0 Å². The van der Waals surface area contributed by atoms with Gasteiger partial charge in [-0.25, -0.2) is 0 Å². The summed E-state index contributed by atoms with van der Waals surface area (Å²) >= 11 is 10.7. The number of aromatic nitrogens is 2. The normalized spacial score (nSPS) is 10.4. The van der Waals surface area contributed by atoms with Crippen LogP contribution in [-0.2, 0) is 0 Å². The maximum absolute atomic E-state index is 6.09. The largest absolute Gasteiger partial charge is 0.367 e. The summed E-state index contributed by atoms with van der Waals surface area (Å²) in [5.41, 5.74) is 6.28. The van der Waals surface area contributed by atoms with Crippen molar-refractivity contribution < 1.29 is 0 Å². The van der Waals surface area contributed by atoms with Crippen LogP contribution in [0.15, 0.2) is 22.7 Å². The predicted molar refractivity (Wildman–Crippen MR) is 62.5 cm³/mol. The first-order valence-electron chi connectivity index (χ1n) is 3.72. The Hall–Kier alpha value is -0.650. The van der Waals surface area contributed by atoms with Gasteiger partial charge in [-0.1, -0.05) is 23.7 Å². The Morgan fingerprint density at radius 2 is 2.21 bits per heavy atom. The van der Waals surface area contributed by atoms with Gasteiger partial charge >= 0.3 is 0 Å². The molecule has 2 N–H and O–H groups in total. The topological polar surface area (TPSA) is 51.8 Å². The first-order valence-corrected chi connectivity index (χ1v) is 5.66. The smallest absolute Gasteiger partial charge is 0.232 e. The highest BCUT2D eigenvalue weighted by atomic mass is 79.9. The van der Waals surface area contributed by atoms with E-state index in [-0.39, 0.29) is 5.95 Å². The van der Waals surface area contributed by atoms with Crippen LogP contribution >= 0.6 is 39.1 Å². The van der Waals surface area contributed by atoms with Crippen LogP contribution in [0.3, 0.4) is 0 Å². The van der Waals surface area contributed by atoms with Crippen LogP contribution in [-0.4, -0.2) is 9.36 Å². The molecule has 3 nitrogen and oxygen atoms in total. The molecule has 0 aliphatic heterocycles. The average molecular weight is 291 g/mol. The summed E-state index contributed by atoms with van der Waals surface area (Å²) in [6.45, 7) is 0. The first kappa shape index (κ1) is 9.89. The van der Waals surface area contributed by atoms with Gasteiger partial charge in [-0.15, -0.1) is 0 Å². The molecule has 1 heterocycles. The molecular formula is C8H5BrClN3S. The van der Waals surface area contributed by atoms with Gasteiger partial charge in [0, 0.05) is 10.0 Å². The standard InChI is InChI=1S/C8H5BrClN3S/c9-5-3-1-2-4(6(5)10)7-12-8(11)13-14-7/h1-3H,(H2,11,13). The molecule has 0 bridgehead atoms. The third kappa shape index (κ3) is 1.75. The molecule has 0 fully saturated rings. The summed E-state index contributed by atoms with van der Waals surface area (Å²) < 4.78 is 4.74. The number of halogens is 2. The minimum absolute atomic E-state index is 0.279. The lowest BCUT2D eigenvalue weighted by molar-refractivity contribution is 1.34. The Kier molecular flexibility index (Phi) is 2.71. The Morgan fingerprint density at radius 3 is 2.86 bits per heavy atom. The predicted octanol–water partition coefficient (Wildman–Crippen LogP) is 3.20. The number of hydrogen-bond donors (Lipinski definition) is 1. The van der Waals surface area contributed by atoms with Crippen molar-refractivity contribution in [3.63, 3.8) is 0 Å². The second-order valence-corrected chi connectivity index (χ2v) is 4.54. The molecule has 6 heteroatoms. The minimum Gasteiger partial charge on any atom is -0.367 e.